The van der Waals surface area contributed by atoms with E-state index in [0.717, 1.165) is 53.0 Å². The molecule has 1 aliphatic heterocycles. The average Bonchev–Trinajstić information content (AvgIpc) is 3.30. The smallest absolute Gasteiger partial charge is 0.252 e. The van der Waals surface area contributed by atoms with Crippen molar-refractivity contribution in [3.8, 4) is 6.07 Å². The number of aromatic nitrogens is 5. The fraction of sp³-hybridized carbons (Fsp3) is 0.444. The molecule has 1 saturated heterocycles. The van der Waals surface area contributed by atoms with E-state index in [1.54, 1.807) is 28.6 Å². The predicted octanol–water partition coefficient (Wildman–Crippen LogP) is 3.42. The van der Waals surface area contributed by atoms with Gasteiger partial charge < -0.3 is 9.47 Å². The minimum Gasteiger partial charge on any atom is -0.364 e. The van der Waals surface area contributed by atoms with Gasteiger partial charge in [-0.1, -0.05) is 13.0 Å². The van der Waals surface area contributed by atoms with Crippen molar-refractivity contribution in [2.75, 3.05) is 18.0 Å². The number of anilines is 1. The van der Waals surface area contributed by atoms with Crippen LogP contribution in [0.1, 0.15) is 45.0 Å². The minimum absolute atomic E-state index is 0.0756. The van der Waals surface area contributed by atoms with Gasteiger partial charge in [0.15, 0.2) is 0 Å². The Bertz CT molecular complexity index is 1530. The van der Waals surface area contributed by atoms with Crippen molar-refractivity contribution in [1.29, 1.82) is 5.26 Å². The van der Waals surface area contributed by atoms with Gasteiger partial charge in [-0.25, -0.2) is 4.98 Å². The van der Waals surface area contributed by atoms with Crippen LogP contribution in [0, 0.1) is 11.3 Å². The molecule has 0 aliphatic carbocycles. The number of nitrogens with zero attached hydrogens (tertiary/aromatic N) is 8. The fourth-order valence-corrected chi connectivity index (χ4v) is 5.33. The van der Waals surface area contributed by atoms with Crippen LogP contribution in [0.4, 0.5) is 5.69 Å². The van der Waals surface area contributed by atoms with Gasteiger partial charge in [0.2, 0.25) is 0 Å². The van der Waals surface area contributed by atoms with Crippen LogP contribution in [0.5, 0.6) is 0 Å². The number of fused-ring (bicyclic) bond motifs is 2. The lowest BCUT2D eigenvalue weighted by molar-refractivity contribution is 0.119. The Morgan fingerprint density at radius 1 is 1.17 bits per heavy atom. The molecule has 3 aromatic heterocycles. The lowest BCUT2D eigenvalue weighted by Gasteiger charge is -2.47. The van der Waals surface area contributed by atoms with Crippen LogP contribution in [-0.2, 0) is 20.0 Å². The van der Waals surface area contributed by atoms with Crippen molar-refractivity contribution in [3.63, 3.8) is 0 Å². The van der Waals surface area contributed by atoms with Crippen LogP contribution in [0.15, 0.2) is 41.5 Å². The highest BCUT2D eigenvalue weighted by Gasteiger charge is 2.34. The summed E-state index contributed by atoms with van der Waals surface area (Å²) in [5.41, 5.74) is 6.34. The summed E-state index contributed by atoms with van der Waals surface area (Å²) in [6, 6.07) is 10.8. The first kappa shape index (κ1) is 23.9. The van der Waals surface area contributed by atoms with Gasteiger partial charge >= 0.3 is 0 Å². The van der Waals surface area contributed by atoms with Crippen molar-refractivity contribution in [3.05, 3.63) is 58.3 Å². The van der Waals surface area contributed by atoms with Gasteiger partial charge in [0.1, 0.15) is 12.1 Å². The summed E-state index contributed by atoms with van der Waals surface area (Å²) in [7, 11) is 1.75. The molecule has 9 heteroatoms. The van der Waals surface area contributed by atoms with Gasteiger partial charge in [0.05, 0.1) is 40.2 Å². The normalized spacial score (nSPS) is 19.6. The first-order valence-corrected chi connectivity index (χ1v) is 12.5. The highest BCUT2D eigenvalue weighted by atomic mass is 16.1. The molecule has 4 heterocycles. The van der Waals surface area contributed by atoms with Crippen LogP contribution in [0.25, 0.3) is 22.1 Å². The first-order valence-electron chi connectivity index (χ1n) is 12.5. The molecule has 1 unspecified atom stereocenters. The molecule has 1 aliphatic rings. The van der Waals surface area contributed by atoms with Crippen LogP contribution in [0.2, 0.25) is 0 Å². The molecule has 3 atom stereocenters. The molecule has 1 fully saturated rings. The number of hydrogen-bond acceptors (Lipinski definition) is 7. The van der Waals surface area contributed by atoms with E-state index in [2.05, 4.69) is 71.8 Å². The first-order chi connectivity index (χ1) is 17.3. The van der Waals surface area contributed by atoms with E-state index in [1.165, 1.54) is 5.56 Å². The van der Waals surface area contributed by atoms with E-state index < -0.39 is 0 Å². The van der Waals surface area contributed by atoms with Crippen molar-refractivity contribution < 1.29 is 0 Å². The Morgan fingerprint density at radius 3 is 2.72 bits per heavy atom. The topological polar surface area (TPSA) is 95.9 Å². The zero-order valence-electron chi connectivity index (χ0n) is 21.5. The van der Waals surface area contributed by atoms with E-state index in [9.17, 15) is 4.79 Å². The summed E-state index contributed by atoms with van der Waals surface area (Å²) in [6.07, 6.45) is 4.50. The Morgan fingerprint density at radius 2 is 1.97 bits per heavy atom. The fourth-order valence-electron chi connectivity index (χ4n) is 5.33. The second-order valence-corrected chi connectivity index (χ2v) is 9.83. The molecule has 1 aromatic carbocycles. The minimum atomic E-state index is -0.0756. The van der Waals surface area contributed by atoms with Crippen LogP contribution in [0.3, 0.4) is 0 Å². The third kappa shape index (κ3) is 4.11. The van der Waals surface area contributed by atoms with Crippen molar-refractivity contribution in [2.45, 2.75) is 58.8 Å². The van der Waals surface area contributed by atoms with Crippen LogP contribution < -0.4 is 10.5 Å². The number of piperazine rings is 1. The molecule has 0 saturated carbocycles. The van der Waals surface area contributed by atoms with Gasteiger partial charge in [0.25, 0.3) is 5.56 Å². The molecule has 9 nitrogen and oxygen atoms in total. The highest BCUT2D eigenvalue weighted by molar-refractivity contribution is 5.88. The van der Waals surface area contributed by atoms with E-state index in [0.29, 0.717) is 0 Å². The number of nitriles is 1. The third-order valence-corrected chi connectivity index (χ3v) is 7.47. The standard InChI is InChI=1S/C27H32N8O/c1-6-21-13-29-22-8-7-20(11-23(22)30-21)19(4)34-14-18(3)35(15-17(34)2)24-12-26(36)32(5)25-16-33(10-9-28)31-27(24)25/h7-8,11-13,16-19H,6,10,14-15H2,1-5H3/t17-,18+,19?/m1/s1. The average molecular weight is 485 g/mol. The Labute approximate surface area is 210 Å². The number of benzene rings is 1. The zero-order valence-corrected chi connectivity index (χ0v) is 21.5. The number of aryl methyl sites for hydroxylation is 2. The predicted molar refractivity (Wildman–Crippen MR) is 141 cm³/mol. The molecule has 186 valence electrons. The Hall–Kier alpha value is -3.77. The van der Waals surface area contributed by atoms with E-state index in [1.807, 2.05) is 6.20 Å². The molecular weight excluding hydrogens is 452 g/mol. The Balaban J connectivity index is 1.44. The maximum atomic E-state index is 12.8. The molecule has 0 bridgehead atoms. The van der Waals surface area contributed by atoms with Crippen molar-refractivity contribution >= 4 is 27.8 Å². The van der Waals surface area contributed by atoms with Crippen molar-refractivity contribution in [2.24, 2.45) is 7.05 Å². The lowest BCUT2D eigenvalue weighted by atomic mass is 9.99. The Kier molecular flexibility index (Phi) is 6.22. The second kappa shape index (κ2) is 9.36. The van der Waals surface area contributed by atoms with E-state index in [4.69, 9.17) is 10.2 Å². The molecule has 36 heavy (non-hydrogen) atoms. The van der Waals surface area contributed by atoms with Gasteiger partial charge in [-0.2, -0.15) is 10.4 Å². The number of rotatable bonds is 5. The SMILES string of the molecule is CCc1cnc2ccc(C(C)N3C[C@H](C)N(c4cc(=O)n(C)c5cn(CC#N)nc45)C[C@H]3C)cc2n1. The maximum Gasteiger partial charge on any atom is 0.252 e. The molecule has 0 spiro atoms. The largest absolute Gasteiger partial charge is 0.364 e. The summed E-state index contributed by atoms with van der Waals surface area (Å²) in [6.45, 7) is 10.5. The monoisotopic (exact) mass is 484 g/mol. The quantitative estimate of drug-likeness (QED) is 0.428. The van der Waals surface area contributed by atoms with Crippen molar-refractivity contribution in [1.82, 2.24) is 29.2 Å². The van der Waals surface area contributed by atoms with Gasteiger partial charge in [-0.05, 0) is 44.9 Å². The molecule has 4 aromatic rings. The maximum absolute atomic E-state index is 12.8. The second-order valence-electron chi connectivity index (χ2n) is 9.83. The zero-order chi connectivity index (χ0) is 25.6. The van der Waals surface area contributed by atoms with Crippen LogP contribution in [-0.4, -0.2) is 54.4 Å². The van der Waals surface area contributed by atoms with Gasteiger partial charge in [0, 0.05) is 50.5 Å². The third-order valence-electron chi connectivity index (χ3n) is 7.47. The summed E-state index contributed by atoms with van der Waals surface area (Å²) in [4.78, 5) is 26.9. The molecule has 5 rings (SSSR count). The van der Waals surface area contributed by atoms with Crippen LogP contribution >= 0.6 is 0 Å². The van der Waals surface area contributed by atoms with Gasteiger partial charge in [-0.3, -0.25) is 19.4 Å². The number of hydrogen-bond donors (Lipinski definition) is 0. The summed E-state index contributed by atoms with van der Waals surface area (Å²) in [5.74, 6) is 0. The molecule has 0 amide bonds. The number of pyridine rings is 1. The summed E-state index contributed by atoms with van der Waals surface area (Å²) in [5, 5.41) is 13.8. The molecule has 0 N–H and O–H groups in total. The summed E-state index contributed by atoms with van der Waals surface area (Å²) >= 11 is 0. The van der Waals surface area contributed by atoms with E-state index >= 15 is 0 Å². The van der Waals surface area contributed by atoms with Gasteiger partial charge in [-0.15, -0.1) is 0 Å². The lowest BCUT2D eigenvalue weighted by Crippen LogP contribution is -2.57. The molecular formula is C27H32N8O. The summed E-state index contributed by atoms with van der Waals surface area (Å²) < 4.78 is 3.20. The molecule has 0 radical (unpaired) electrons. The highest BCUT2D eigenvalue weighted by Crippen LogP contribution is 2.33. The van der Waals surface area contributed by atoms with E-state index in [-0.39, 0.29) is 30.2 Å².